The average Bonchev–Trinajstić information content (AvgIpc) is 3.25. The molecule has 2 heterocycles. The van der Waals surface area contributed by atoms with Gasteiger partial charge in [0.05, 0.1) is 12.7 Å². The standard InChI is InChI=1S/C22H36N4O2/c1-18(26-12-10-19-7-3-4-8-20(19)16-26)15-25-22(23-2)24-11-6-13-27-17-21-9-5-14-28-21/h3-4,7-8,18,21H,5-6,9-17H2,1-2H3,(H2,23,24,25). The molecule has 156 valence electrons. The van der Waals surface area contributed by atoms with Crippen LogP contribution in [0.3, 0.4) is 0 Å². The molecule has 6 nitrogen and oxygen atoms in total. The lowest BCUT2D eigenvalue weighted by Crippen LogP contribution is -2.47. The van der Waals surface area contributed by atoms with Gasteiger partial charge < -0.3 is 20.1 Å². The third kappa shape index (κ3) is 6.47. The normalized spacial score (nSPS) is 21.4. The Kier molecular flexibility index (Phi) is 8.58. The lowest BCUT2D eigenvalue weighted by Gasteiger charge is -2.34. The molecule has 28 heavy (non-hydrogen) atoms. The Bertz CT molecular complexity index is 616. The lowest BCUT2D eigenvalue weighted by molar-refractivity contribution is 0.0168. The first-order chi connectivity index (χ1) is 13.8. The van der Waals surface area contributed by atoms with Crippen LogP contribution < -0.4 is 10.6 Å². The molecule has 1 fully saturated rings. The number of hydrogen-bond donors (Lipinski definition) is 2. The molecule has 2 atom stereocenters. The Morgan fingerprint density at radius 1 is 1.32 bits per heavy atom. The van der Waals surface area contributed by atoms with Crippen LogP contribution in [0.2, 0.25) is 0 Å². The monoisotopic (exact) mass is 388 g/mol. The van der Waals surface area contributed by atoms with Crippen molar-refractivity contribution < 1.29 is 9.47 Å². The van der Waals surface area contributed by atoms with E-state index in [4.69, 9.17) is 9.47 Å². The van der Waals surface area contributed by atoms with Crippen LogP contribution in [0.25, 0.3) is 0 Å². The molecule has 0 bridgehead atoms. The summed E-state index contributed by atoms with van der Waals surface area (Å²) >= 11 is 0. The van der Waals surface area contributed by atoms with Crippen LogP contribution in [0, 0.1) is 0 Å². The van der Waals surface area contributed by atoms with Gasteiger partial charge in [0.1, 0.15) is 0 Å². The molecule has 2 aliphatic heterocycles. The van der Waals surface area contributed by atoms with Gasteiger partial charge >= 0.3 is 0 Å². The van der Waals surface area contributed by atoms with Crippen molar-refractivity contribution >= 4 is 5.96 Å². The molecule has 0 saturated carbocycles. The molecule has 0 amide bonds. The van der Waals surface area contributed by atoms with E-state index in [1.165, 1.54) is 17.5 Å². The van der Waals surface area contributed by atoms with Gasteiger partial charge in [-0.25, -0.2) is 0 Å². The lowest BCUT2D eigenvalue weighted by atomic mass is 9.99. The SMILES string of the molecule is CN=C(NCCCOCC1CCCO1)NCC(C)N1CCc2ccccc2C1. The quantitative estimate of drug-likeness (QED) is 0.386. The van der Waals surface area contributed by atoms with Crippen molar-refractivity contribution in [1.29, 1.82) is 0 Å². The third-order valence-corrected chi connectivity index (χ3v) is 5.66. The van der Waals surface area contributed by atoms with Gasteiger partial charge in [-0.15, -0.1) is 0 Å². The maximum atomic E-state index is 5.71. The Balaban J connectivity index is 1.28. The van der Waals surface area contributed by atoms with Crippen LogP contribution in [-0.4, -0.2) is 69.5 Å². The third-order valence-electron chi connectivity index (χ3n) is 5.66. The van der Waals surface area contributed by atoms with E-state index >= 15 is 0 Å². The van der Waals surface area contributed by atoms with E-state index in [2.05, 4.69) is 51.7 Å². The summed E-state index contributed by atoms with van der Waals surface area (Å²) in [5.74, 6) is 0.864. The maximum Gasteiger partial charge on any atom is 0.191 e. The summed E-state index contributed by atoms with van der Waals surface area (Å²) in [6.07, 6.45) is 4.71. The highest BCUT2D eigenvalue weighted by Crippen LogP contribution is 2.19. The minimum Gasteiger partial charge on any atom is -0.379 e. The van der Waals surface area contributed by atoms with Crippen molar-refractivity contribution in [3.63, 3.8) is 0 Å². The zero-order valence-corrected chi connectivity index (χ0v) is 17.5. The molecule has 6 heteroatoms. The van der Waals surface area contributed by atoms with Gasteiger partial charge in [0, 0.05) is 52.5 Å². The molecule has 3 rings (SSSR count). The van der Waals surface area contributed by atoms with Gasteiger partial charge in [0.2, 0.25) is 0 Å². The van der Waals surface area contributed by atoms with Crippen LogP contribution in [0.1, 0.15) is 37.3 Å². The molecular weight excluding hydrogens is 352 g/mol. The number of rotatable bonds is 9. The van der Waals surface area contributed by atoms with Gasteiger partial charge in [-0.1, -0.05) is 24.3 Å². The molecule has 0 spiro atoms. The highest BCUT2D eigenvalue weighted by Gasteiger charge is 2.20. The number of ether oxygens (including phenoxy) is 2. The molecule has 0 radical (unpaired) electrons. The largest absolute Gasteiger partial charge is 0.379 e. The first-order valence-corrected chi connectivity index (χ1v) is 10.7. The highest BCUT2D eigenvalue weighted by atomic mass is 16.5. The van der Waals surface area contributed by atoms with E-state index in [1.54, 1.807) is 0 Å². The maximum absolute atomic E-state index is 5.71. The number of nitrogens with one attached hydrogen (secondary N) is 2. The second-order valence-electron chi connectivity index (χ2n) is 7.78. The molecule has 2 unspecified atom stereocenters. The van der Waals surface area contributed by atoms with Crippen molar-refractivity contribution in [2.24, 2.45) is 4.99 Å². The molecule has 2 aliphatic rings. The van der Waals surface area contributed by atoms with E-state index in [-0.39, 0.29) is 0 Å². The first-order valence-electron chi connectivity index (χ1n) is 10.7. The summed E-state index contributed by atoms with van der Waals surface area (Å²) in [6, 6.07) is 9.25. The second kappa shape index (κ2) is 11.4. The minimum absolute atomic E-state index is 0.311. The molecule has 0 aliphatic carbocycles. The number of benzene rings is 1. The van der Waals surface area contributed by atoms with E-state index in [1.807, 2.05) is 7.05 Å². The molecule has 2 N–H and O–H groups in total. The predicted octanol–water partition coefficient (Wildman–Crippen LogP) is 2.18. The summed E-state index contributed by atoms with van der Waals surface area (Å²) in [4.78, 5) is 6.88. The predicted molar refractivity (Wildman–Crippen MR) is 114 cm³/mol. The van der Waals surface area contributed by atoms with Gasteiger partial charge in [0.25, 0.3) is 0 Å². The van der Waals surface area contributed by atoms with Crippen LogP contribution in [0.5, 0.6) is 0 Å². The number of fused-ring (bicyclic) bond motifs is 1. The Labute approximate surface area is 169 Å². The summed E-state index contributed by atoms with van der Waals surface area (Å²) < 4.78 is 11.3. The number of hydrogen-bond acceptors (Lipinski definition) is 4. The number of aliphatic imine (C=N–C) groups is 1. The Hall–Kier alpha value is -1.63. The van der Waals surface area contributed by atoms with Gasteiger partial charge in [-0.3, -0.25) is 9.89 Å². The summed E-state index contributed by atoms with van der Waals surface area (Å²) in [6.45, 7) is 8.55. The molecule has 1 aromatic rings. The van der Waals surface area contributed by atoms with Crippen molar-refractivity contribution in [3.8, 4) is 0 Å². The highest BCUT2D eigenvalue weighted by molar-refractivity contribution is 5.79. The summed E-state index contributed by atoms with van der Waals surface area (Å²) in [7, 11) is 1.82. The fourth-order valence-electron chi connectivity index (χ4n) is 3.86. The van der Waals surface area contributed by atoms with E-state index in [0.29, 0.717) is 12.1 Å². The molecule has 1 saturated heterocycles. The van der Waals surface area contributed by atoms with Crippen molar-refractivity contribution in [1.82, 2.24) is 15.5 Å². The van der Waals surface area contributed by atoms with Crippen LogP contribution in [-0.2, 0) is 22.4 Å². The summed E-state index contributed by atoms with van der Waals surface area (Å²) in [5, 5.41) is 6.84. The smallest absolute Gasteiger partial charge is 0.191 e. The van der Waals surface area contributed by atoms with E-state index in [9.17, 15) is 0 Å². The van der Waals surface area contributed by atoms with Gasteiger partial charge in [-0.2, -0.15) is 0 Å². The van der Waals surface area contributed by atoms with E-state index < -0.39 is 0 Å². The number of nitrogens with zero attached hydrogens (tertiary/aromatic N) is 2. The van der Waals surface area contributed by atoms with Gasteiger partial charge in [0.15, 0.2) is 5.96 Å². The summed E-state index contributed by atoms with van der Waals surface area (Å²) in [5.41, 5.74) is 2.96. The van der Waals surface area contributed by atoms with Crippen LogP contribution in [0.4, 0.5) is 0 Å². The average molecular weight is 389 g/mol. The first kappa shape index (κ1) is 21.1. The fourth-order valence-corrected chi connectivity index (χ4v) is 3.86. The topological polar surface area (TPSA) is 58.1 Å². The van der Waals surface area contributed by atoms with Crippen LogP contribution in [0.15, 0.2) is 29.3 Å². The van der Waals surface area contributed by atoms with Crippen molar-refractivity contribution in [2.45, 2.75) is 51.3 Å². The molecular formula is C22H36N4O2. The Morgan fingerprint density at radius 3 is 2.96 bits per heavy atom. The zero-order valence-electron chi connectivity index (χ0n) is 17.5. The minimum atomic E-state index is 0.311. The van der Waals surface area contributed by atoms with Gasteiger partial charge in [-0.05, 0) is 43.7 Å². The molecule has 1 aromatic carbocycles. The second-order valence-corrected chi connectivity index (χ2v) is 7.78. The molecule has 0 aromatic heterocycles. The fraction of sp³-hybridized carbons (Fsp3) is 0.682. The van der Waals surface area contributed by atoms with Crippen molar-refractivity contribution in [3.05, 3.63) is 35.4 Å². The number of guanidine groups is 1. The van der Waals surface area contributed by atoms with Crippen LogP contribution >= 0.6 is 0 Å². The zero-order chi connectivity index (χ0) is 19.6. The van der Waals surface area contributed by atoms with Crippen molar-refractivity contribution in [2.75, 3.05) is 46.5 Å². The van der Waals surface area contributed by atoms with E-state index in [0.717, 1.165) is 71.2 Å². The Morgan fingerprint density at radius 2 is 2.18 bits per heavy atom.